The topological polar surface area (TPSA) is 67.2 Å². The zero-order chi connectivity index (χ0) is 21.1. The van der Waals surface area contributed by atoms with Crippen LogP contribution in [0.2, 0.25) is 0 Å². The summed E-state index contributed by atoms with van der Waals surface area (Å²) in [6, 6.07) is 12.1. The van der Waals surface area contributed by atoms with Crippen molar-refractivity contribution < 1.29 is 4.79 Å². The third kappa shape index (κ3) is 3.92. The molecule has 1 aromatic carbocycles. The molecule has 3 aromatic rings. The smallest absolute Gasteiger partial charge is 0.230 e. The summed E-state index contributed by atoms with van der Waals surface area (Å²) in [6.07, 6.45) is 4.20. The van der Waals surface area contributed by atoms with Crippen LogP contribution >= 0.6 is 0 Å². The number of aromatic nitrogens is 4. The van der Waals surface area contributed by atoms with E-state index in [2.05, 4.69) is 26.8 Å². The molecule has 1 atom stereocenters. The van der Waals surface area contributed by atoms with E-state index in [-0.39, 0.29) is 11.8 Å². The maximum atomic E-state index is 13.1. The third-order valence-corrected chi connectivity index (χ3v) is 5.96. The number of rotatable bonds is 5. The van der Waals surface area contributed by atoms with Crippen molar-refractivity contribution >= 4 is 11.7 Å². The third-order valence-electron chi connectivity index (χ3n) is 5.96. The lowest BCUT2D eigenvalue weighted by Crippen LogP contribution is -2.50. The summed E-state index contributed by atoms with van der Waals surface area (Å²) in [6.45, 7) is 9.02. The average Bonchev–Trinajstić information content (AvgIpc) is 3.13. The first-order valence-corrected chi connectivity index (χ1v) is 10.5. The van der Waals surface area contributed by atoms with Crippen LogP contribution in [0, 0.1) is 13.8 Å². The zero-order valence-electron chi connectivity index (χ0n) is 17.8. The minimum absolute atomic E-state index is 0.0733. The molecule has 7 nitrogen and oxygen atoms in total. The monoisotopic (exact) mass is 404 g/mol. The Hall–Kier alpha value is -3.22. The van der Waals surface area contributed by atoms with Gasteiger partial charge in [-0.25, -0.2) is 15.0 Å². The van der Waals surface area contributed by atoms with E-state index in [0.717, 1.165) is 48.1 Å². The fourth-order valence-corrected chi connectivity index (χ4v) is 3.99. The molecular formula is C23H28N6O. The summed E-state index contributed by atoms with van der Waals surface area (Å²) in [4.78, 5) is 30.6. The number of anilines is 1. The highest BCUT2D eigenvalue weighted by Gasteiger charge is 2.28. The van der Waals surface area contributed by atoms with Gasteiger partial charge in [0.25, 0.3) is 0 Å². The van der Waals surface area contributed by atoms with Crippen LogP contribution in [-0.4, -0.2) is 56.5 Å². The number of carbonyl (C=O) groups excluding carboxylic acids is 1. The highest BCUT2D eigenvalue weighted by Crippen LogP contribution is 2.24. The molecule has 0 N–H and O–H groups in total. The largest absolute Gasteiger partial charge is 0.353 e. The standard InChI is InChI=1S/C23H28N6O/c1-4-20(19-8-6-5-7-9-19)23(30)28-12-10-27(11-13-28)21-14-22(25-15-24-21)29-16-26-17(2)18(29)3/h5-9,14-16,20H,4,10-13H2,1-3H3. The average molecular weight is 405 g/mol. The number of amides is 1. The van der Waals surface area contributed by atoms with Gasteiger partial charge < -0.3 is 9.80 Å². The van der Waals surface area contributed by atoms with E-state index in [1.54, 1.807) is 12.7 Å². The lowest BCUT2D eigenvalue weighted by atomic mass is 9.95. The molecular weight excluding hydrogens is 376 g/mol. The second kappa shape index (κ2) is 8.65. The summed E-state index contributed by atoms with van der Waals surface area (Å²) >= 11 is 0. The van der Waals surface area contributed by atoms with Crippen LogP contribution in [0.1, 0.15) is 36.2 Å². The normalized spacial score (nSPS) is 15.3. The summed E-state index contributed by atoms with van der Waals surface area (Å²) in [5.41, 5.74) is 3.16. The Morgan fingerprint density at radius 2 is 1.70 bits per heavy atom. The summed E-state index contributed by atoms with van der Waals surface area (Å²) in [5, 5.41) is 0. The number of nitrogens with zero attached hydrogens (tertiary/aromatic N) is 6. The molecule has 0 saturated carbocycles. The molecule has 0 bridgehead atoms. The molecule has 1 fully saturated rings. The van der Waals surface area contributed by atoms with Crippen molar-refractivity contribution in [3.05, 3.63) is 66.0 Å². The molecule has 4 rings (SSSR count). The van der Waals surface area contributed by atoms with Gasteiger partial charge in [0.2, 0.25) is 5.91 Å². The van der Waals surface area contributed by atoms with Gasteiger partial charge in [0.15, 0.2) is 0 Å². The van der Waals surface area contributed by atoms with Crippen LogP contribution in [0.4, 0.5) is 5.82 Å². The van der Waals surface area contributed by atoms with Crippen LogP contribution in [0.3, 0.4) is 0 Å². The molecule has 0 spiro atoms. The van der Waals surface area contributed by atoms with Gasteiger partial charge in [0.1, 0.15) is 24.3 Å². The quantitative estimate of drug-likeness (QED) is 0.654. The fraction of sp³-hybridized carbons (Fsp3) is 0.391. The molecule has 2 aromatic heterocycles. The van der Waals surface area contributed by atoms with Crippen LogP contribution in [-0.2, 0) is 4.79 Å². The minimum atomic E-state index is -0.0733. The minimum Gasteiger partial charge on any atom is -0.353 e. The van der Waals surface area contributed by atoms with Crippen LogP contribution < -0.4 is 4.90 Å². The number of hydrogen-bond donors (Lipinski definition) is 0. The predicted molar refractivity (Wildman–Crippen MR) is 117 cm³/mol. The van der Waals surface area contributed by atoms with E-state index in [9.17, 15) is 4.79 Å². The van der Waals surface area contributed by atoms with Crippen molar-refractivity contribution in [2.75, 3.05) is 31.1 Å². The number of carbonyl (C=O) groups is 1. The van der Waals surface area contributed by atoms with E-state index in [0.29, 0.717) is 13.1 Å². The van der Waals surface area contributed by atoms with Crippen molar-refractivity contribution in [1.29, 1.82) is 0 Å². The number of benzene rings is 1. The van der Waals surface area contributed by atoms with Crippen molar-refractivity contribution in [2.45, 2.75) is 33.1 Å². The molecule has 1 saturated heterocycles. The summed E-state index contributed by atoms with van der Waals surface area (Å²) < 4.78 is 1.98. The highest BCUT2D eigenvalue weighted by molar-refractivity contribution is 5.84. The van der Waals surface area contributed by atoms with Gasteiger partial charge in [-0.1, -0.05) is 37.3 Å². The molecule has 0 radical (unpaired) electrons. The Balaban J connectivity index is 1.44. The summed E-state index contributed by atoms with van der Waals surface area (Å²) in [5.74, 6) is 1.84. The number of piperazine rings is 1. The van der Waals surface area contributed by atoms with Crippen molar-refractivity contribution in [2.24, 2.45) is 0 Å². The number of aryl methyl sites for hydroxylation is 1. The Kier molecular flexibility index (Phi) is 5.79. The van der Waals surface area contributed by atoms with Gasteiger partial charge in [0, 0.05) is 37.9 Å². The molecule has 7 heteroatoms. The lowest BCUT2D eigenvalue weighted by Gasteiger charge is -2.37. The van der Waals surface area contributed by atoms with Gasteiger partial charge in [-0.15, -0.1) is 0 Å². The van der Waals surface area contributed by atoms with Gasteiger partial charge in [-0.3, -0.25) is 9.36 Å². The Morgan fingerprint density at radius 1 is 1.00 bits per heavy atom. The first-order valence-electron chi connectivity index (χ1n) is 10.5. The molecule has 1 amide bonds. The second-order valence-electron chi connectivity index (χ2n) is 7.70. The highest BCUT2D eigenvalue weighted by atomic mass is 16.2. The van der Waals surface area contributed by atoms with E-state index >= 15 is 0 Å². The first-order chi connectivity index (χ1) is 14.6. The number of imidazole rings is 1. The fourth-order valence-electron chi connectivity index (χ4n) is 3.99. The Bertz CT molecular complexity index is 1010. The second-order valence-corrected chi connectivity index (χ2v) is 7.70. The van der Waals surface area contributed by atoms with Gasteiger partial charge in [-0.2, -0.15) is 0 Å². The molecule has 1 aliphatic rings. The summed E-state index contributed by atoms with van der Waals surface area (Å²) in [7, 11) is 0. The zero-order valence-corrected chi connectivity index (χ0v) is 17.8. The van der Waals surface area contributed by atoms with Crippen molar-refractivity contribution in [3.63, 3.8) is 0 Å². The Morgan fingerprint density at radius 3 is 2.33 bits per heavy atom. The van der Waals surface area contributed by atoms with Gasteiger partial charge >= 0.3 is 0 Å². The van der Waals surface area contributed by atoms with Crippen LogP contribution in [0.5, 0.6) is 0 Å². The van der Waals surface area contributed by atoms with Crippen LogP contribution in [0.15, 0.2) is 49.1 Å². The molecule has 0 aliphatic carbocycles. The van der Waals surface area contributed by atoms with Crippen molar-refractivity contribution in [3.8, 4) is 5.82 Å². The molecule has 1 aliphatic heterocycles. The Labute approximate surface area is 177 Å². The van der Waals surface area contributed by atoms with E-state index in [1.165, 1.54) is 0 Å². The van der Waals surface area contributed by atoms with E-state index in [4.69, 9.17) is 0 Å². The molecule has 30 heavy (non-hydrogen) atoms. The maximum Gasteiger partial charge on any atom is 0.230 e. The first kappa shape index (κ1) is 20.1. The molecule has 1 unspecified atom stereocenters. The lowest BCUT2D eigenvalue weighted by molar-refractivity contribution is -0.133. The van der Waals surface area contributed by atoms with Gasteiger partial charge in [-0.05, 0) is 25.8 Å². The van der Waals surface area contributed by atoms with E-state index in [1.807, 2.05) is 59.7 Å². The number of hydrogen-bond acceptors (Lipinski definition) is 5. The van der Waals surface area contributed by atoms with Crippen LogP contribution in [0.25, 0.3) is 5.82 Å². The van der Waals surface area contributed by atoms with Gasteiger partial charge in [0.05, 0.1) is 11.6 Å². The predicted octanol–water partition coefficient (Wildman–Crippen LogP) is 3.12. The van der Waals surface area contributed by atoms with E-state index < -0.39 is 0 Å². The molecule has 156 valence electrons. The maximum absolute atomic E-state index is 13.1. The van der Waals surface area contributed by atoms with Crippen molar-refractivity contribution in [1.82, 2.24) is 24.4 Å². The molecule has 3 heterocycles. The SMILES string of the molecule is CCC(C(=O)N1CCN(c2cc(-n3cnc(C)c3C)ncn2)CC1)c1ccccc1.